The van der Waals surface area contributed by atoms with Crippen LogP contribution in [0.5, 0.6) is 0 Å². The number of hydrogen-bond donors (Lipinski definition) is 7. The predicted octanol–water partition coefficient (Wildman–Crippen LogP) is -2.53. The molecule has 0 aliphatic heterocycles. The molecule has 1 rings (SSSR count). The predicted molar refractivity (Wildman–Crippen MR) is 113 cm³/mol. The van der Waals surface area contributed by atoms with Crippen LogP contribution in [0.25, 0.3) is 0 Å². The molecule has 0 saturated heterocycles. The molecule has 9 N–H and O–H groups in total. The quantitative estimate of drug-likeness (QED) is 0.162. The molecule has 4 amide bonds. The minimum Gasteiger partial charge on any atom is -0.481 e. The lowest BCUT2D eigenvalue weighted by molar-refractivity contribution is -0.142. The Hall–Kier alpha value is -4.00. The summed E-state index contributed by atoms with van der Waals surface area (Å²) in [6.07, 6.45) is -1.35. The first-order chi connectivity index (χ1) is 15.4. The van der Waals surface area contributed by atoms with Gasteiger partial charge in [0.2, 0.25) is 23.6 Å². The standard InChI is InChI=1S/C20H27N5O8/c1-10(17(29)25-14(20(32)33)7-11-5-3-2-4-6-11)23-19(31)13(9-15(22)26)24-18(30)12(21)8-16(27)28/h2-6,10,12-14H,7-9,21H2,1H3,(H2,22,26)(H,23,31)(H,24,30)(H,25,29)(H,27,28)(H,32,33). The summed E-state index contributed by atoms with van der Waals surface area (Å²) in [6.45, 7) is 1.27. The lowest BCUT2D eigenvalue weighted by Gasteiger charge is -2.22. The van der Waals surface area contributed by atoms with E-state index in [0.717, 1.165) is 0 Å². The molecular weight excluding hydrogens is 438 g/mol. The second kappa shape index (κ2) is 12.8. The number of carbonyl (C=O) groups excluding carboxylic acids is 4. The summed E-state index contributed by atoms with van der Waals surface area (Å²) in [5.74, 6) is -6.38. The van der Waals surface area contributed by atoms with Gasteiger partial charge in [-0.25, -0.2) is 4.79 Å². The van der Waals surface area contributed by atoms with Gasteiger partial charge < -0.3 is 37.6 Å². The van der Waals surface area contributed by atoms with Gasteiger partial charge in [-0.2, -0.15) is 0 Å². The smallest absolute Gasteiger partial charge is 0.326 e. The zero-order valence-corrected chi connectivity index (χ0v) is 17.8. The fourth-order valence-corrected chi connectivity index (χ4v) is 2.70. The highest BCUT2D eigenvalue weighted by Gasteiger charge is 2.29. The van der Waals surface area contributed by atoms with Gasteiger partial charge in [0.1, 0.15) is 18.1 Å². The Kier molecular flexibility index (Phi) is 10.5. The molecule has 0 bridgehead atoms. The van der Waals surface area contributed by atoms with Gasteiger partial charge in [-0.05, 0) is 12.5 Å². The molecule has 1 aromatic carbocycles. The molecule has 0 fully saturated rings. The van der Waals surface area contributed by atoms with E-state index in [-0.39, 0.29) is 6.42 Å². The normalized spacial score (nSPS) is 14.1. The average molecular weight is 465 g/mol. The molecule has 1 aromatic rings. The van der Waals surface area contributed by atoms with Crippen molar-refractivity contribution in [3.63, 3.8) is 0 Å². The van der Waals surface area contributed by atoms with Gasteiger partial charge >= 0.3 is 11.9 Å². The molecule has 0 aliphatic carbocycles. The molecule has 4 atom stereocenters. The van der Waals surface area contributed by atoms with Crippen molar-refractivity contribution in [2.45, 2.75) is 50.4 Å². The van der Waals surface area contributed by atoms with E-state index in [4.69, 9.17) is 16.6 Å². The summed E-state index contributed by atoms with van der Waals surface area (Å²) in [5.41, 5.74) is 11.2. The first-order valence-corrected chi connectivity index (χ1v) is 9.84. The van der Waals surface area contributed by atoms with Crippen molar-refractivity contribution in [1.29, 1.82) is 0 Å². The zero-order valence-electron chi connectivity index (χ0n) is 17.8. The third-order valence-corrected chi connectivity index (χ3v) is 4.42. The molecular formula is C20H27N5O8. The lowest BCUT2D eigenvalue weighted by atomic mass is 10.1. The van der Waals surface area contributed by atoms with Crippen LogP contribution in [0.3, 0.4) is 0 Å². The van der Waals surface area contributed by atoms with Crippen molar-refractivity contribution in [2.75, 3.05) is 0 Å². The van der Waals surface area contributed by atoms with E-state index in [9.17, 15) is 33.9 Å². The highest BCUT2D eigenvalue weighted by atomic mass is 16.4. The number of aliphatic carboxylic acids is 2. The maximum atomic E-state index is 12.5. The fraction of sp³-hybridized carbons (Fsp3) is 0.400. The van der Waals surface area contributed by atoms with Crippen LogP contribution in [0.15, 0.2) is 30.3 Å². The van der Waals surface area contributed by atoms with Crippen molar-refractivity contribution in [3.8, 4) is 0 Å². The third-order valence-electron chi connectivity index (χ3n) is 4.42. The Morgan fingerprint density at radius 2 is 1.42 bits per heavy atom. The number of rotatable bonds is 13. The van der Waals surface area contributed by atoms with Crippen molar-refractivity contribution in [3.05, 3.63) is 35.9 Å². The van der Waals surface area contributed by atoms with E-state index >= 15 is 0 Å². The van der Waals surface area contributed by atoms with Crippen LogP contribution in [-0.4, -0.2) is 69.9 Å². The molecule has 0 saturated carbocycles. The molecule has 13 heteroatoms. The minimum absolute atomic E-state index is 0.00437. The maximum Gasteiger partial charge on any atom is 0.326 e. The number of nitrogens with two attached hydrogens (primary N) is 2. The van der Waals surface area contributed by atoms with Gasteiger partial charge in [0.25, 0.3) is 0 Å². The number of carboxylic acids is 2. The summed E-state index contributed by atoms with van der Waals surface area (Å²) in [4.78, 5) is 70.4. The van der Waals surface area contributed by atoms with E-state index in [1.165, 1.54) is 6.92 Å². The topological polar surface area (TPSA) is 231 Å². The average Bonchev–Trinajstić information content (AvgIpc) is 2.72. The van der Waals surface area contributed by atoms with Crippen LogP contribution in [0.1, 0.15) is 25.3 Å². The van der Waals surface area contributed by atoms with Crippen molar-refractivity contribution in [1.82, 2.24) is 16.0 Å². The number of carbonyl (C=O) groups is 6. The summed E-state index contributed by atoms with van der Waals surface area (Å²) in [7, 11) is 0. The largest absolute Gasteiger partial charge is 0.481 e. The Morgan fingerprint density at radius 3 is 1.94 bits per heavy atom. The molecule has 13 nitrogen and oxygen atoms in total. The Balaban J connectivity index is 2.79. The monoisotopic (exact) mass is 465 g/mol. The van der Waals surface area contributed by atoms with Crippen molar-refractivity contribution >= 4 is 35.6 Å². The van der Waals surface area contributed by atoms with E-state index < -0.39 is 72.6 Å². The van der Waals surface area contributed by atoms with Gasteiger partial charge in [0.15, 0.2) is 0 Å². The Morgan fingerprint density at radius 1 is 0.848 bits per heavy atom. The van der Waals surface area contributed by atoms with Gasteiger partial charge in [0.05, 0.1) is 18.9 Å². The summed E-state index contributed by atoms with van der Waals surface area (Å²) >= 11 is 0. The number of hydrogen-bond acceptors (Lipinski definition) is 7. The second-order valence-electron chi connectivity index (χ2n) is 7.26. The van der Waals surface area contributed by atoms with E-state index in [1.807, 2.05) is 0 Å². The van der Waals surface area contributed by atoms with E-state index in [1.54, 1.807) is 30.3 Å². The molecule has 4 unspecified atom stereocenters. The first kappa shape index (κ1) is 27.0. The highest BCUT2D eigenvalue weighted by Crippen LogP contribution is 2.04. The Bertz CT molecular complexity index is 892. The van der Waals surface area contributed by atoms with E-state index in [0.29, 0.717) is 5.56 Å². The van der Waals surface area contributed by atoms with E-state index in [2.05, 4.69) is 16.0 Å². The Labute approximate surface area is 188 Å². The van der Waals surface area contributed by atoms with Gasteiger partial charge in [-0.3, -0.25) is 24.0 Å². The highest BCUT2D eigenvalue weighted by molar-refractivity contribution is 5.96. The molecule has 180 valence electrons. The van der Waals surface area contributed by atoms with Crippen LogP contribution in [-0.2, 0) is 35.2 Å². The van der Waals surface area contributed by atoms with Crippen LogP contribution >= 0.6 is 0 Å². The summed E-state index contributed by atoms with van der Waals surface area (Å²) < 4.78 is 0. The van der Waals surface area contributed by atoms with Crippen molar-refractivity contribution < 1.29 is 39.0 Å². The van der Waals surface area contributed by atoms with Crippen LogP contribution < -0.4 is 27.4 Å². The number of benzene rings is 1. The third kappa shape index (κ3) is 9.78. The molecule has 0 heterocycles. The maximum absolute atomic E-state index is 12.5. The SMILES string of the molecule is CC(NC(=O)C(CC(N)=O)NC(=O)C(N)CC(=O)O)C(=O)NC(Cc1ccccc1)C(=O)O. The van der Waals surface area contributed by atoms with Crippen molar-refractivity contribution in [2.24, 2.45) is 11.5 Å². The molecule has 0 spiro atoms. The number of primary amides is 1. The first-order valence-electron chi connectivity index (χ1n) is 9.84. The number of nitrogens with one attached hydrogen (secondary N) is 3. The van der Waals surface area contributed by atoms with Gasteiger partial charge in [-0.1, -0.05) is 30.3 Å². The second-order valence-corrected chi connectivity index (χ2v) is 7.26. The van der Waals surface area contributed by atoms with Crippen LogP contribution in [0, 0.1) is 0 Å². The number of carboxylic acid groups (broad SMARTS) is 2. The minimum atomic E-state index is -1.52. The number of amides is 4. The van der Waals surface area contributed by atoms with Crippen LogP contribution in [0.2, 0.25) is 0 Å². The molecule has 33 heavy (non-hydrogen) atoms. The fourth-order valence-electron chi connectivity index (χ4n) is 2.70. The zero-order chi connectivity index (χ0) is 25.1. The van der Waals surface area contributed by atoms with Gasteiger partial charge in [-0.15, -0.1) is 0 Å². The lowest BCUT2D eigenvalue weighted by Crippen LogP contribution is -2.57. The van der Waals surface area contributed by atoms with Crippen LogP contribution in [0.4, 0.5) is 0 Å². The molecule has 0 aliphatic rings. The summed E-state index contributed by atoms with van der Waals surface area (Å²) in [5, 5.41) is 24.8. The van der Waals surface area contributed by atoms with Gasteiger partial charge in [0, 0.05) is 6.42 Å². The molecule has 0 radical (unpaired) electrons. The summed E-state index contributed by atoms with van der Waals surface area (Å²) in [6, 6.07) is 3.06. The molecule has 0 aromatic heterocycles.